The van der Waals surface area contributed by atoms with Crippen LogP contribution in [0.4, 0.5) is 8.78 Å². The van der Waals surface area contributed by atoms with E-state index in [9.17, 15) is 18.4 Å². The fourth-order valence-corrected chi connectivity index (χ4v) is 1.57. The third-order valence-electron chi connectivity index (χ3n) is 1.92. The first-order valence-electron chi connectivity index (χ1n) is 4.81. The lowest BCUT2D eigenvalue weighted by molar-refractivity contribution is -0.142. The van der Waals surface area contributed by atoms with Crippen molar-refractivity contribution in [2.45, 2.75) is 19.8 Å². The van der Waals surface area contributed by atoms with Crippen LogP contribution in [0.2, 0.25) is 0 Å². The van der Waals surface area contributed by atoms with Crippen molar-refractivity contribution in [3.05, 3.63) is 32.2 Å². The van der Waals surface area contributed by atoms with Crippen LogP contribution in [0.3, 0.4) is 0 Å². The monoisotopic (exact) mass is 309 g/mol. The van der Waals surface area contributed by atoms with Gasteiger partial charge in [0.1, 0.15) is 0 Å². The summed E-state index contributed by atoms with van der Waals surface area (Å²) >= 11 is 2.95. The van der Waals surface area contributed by atoms with Gasteiger partial charge in [-0.1, -0.05) is 0 Å². The molecule has 0 aliphatic carbocycles. The summed E-state index contributed by atoms with van der Waals surface area (Å²) in [7, 11) is 0. The van der Waals surface area contributed by atoms with Gasteiger partial charge in [0.05, 0.1) is 23.2 Å². The Hall–Kier alpha value is -1.24. The first kappa shape index (κ1) is 13.8. The van der Waals surface area contributed by atoms with E-state index in [1.54, 1.807) is 6.92 Å². The van der Waals surface area contributed by atoms with Crippen LogP contribution in [-0.4, -0.2) is 17.6 Å². The molecule has 1 N–H and O–H groups in total. The molecule has 1 rings (SSSR count). The van der Waals surface area contributed by atoms with Crippen molar-refractivity contribution < 1.29 is 18.3 Å². The number of hydrogen-bond acceptors (Lipinski definition) is 3. The fourth-order valence-electron chi connectivity index (χ4n) is 1.21. The third kappa shape index (κ3) is 3.62. The second kappa shape index (κ2) is 5.90. The summed E-state index contributed by atoms with van der Waals surface area (Å²) < 4.78 is 29.6. The van der Waals surface area contributed by atoms with Gasteiger partial charge in [-0.15, -0.1) is 0 Å². The number of carbonyl (C=O) groups excluding carboxylic acids is 1. The molecule has 0 radical (unpaired) electrons. The van der Waals surface area contributed by atoms with E-state index in [-0.39, 0.29) is 23.2 Å². The number of H-pyrrole nitrogens is 1. The van der Waals surface area contributed by atoms with Crippen molar-refractivity contribution >= 4 is 21.9 Å². The molecule has 4 nitrogen and oxygen atoms in total. The lowest BCUT2D eigenvalue weighted by Crippen LogP contribution is -2.15. The van der Waals surface area contributed by atoms with Crippen molar-refractivity contribution in [1.82, 2.24) is 4.98 Å². The lowest BCUT2D eigenvalue weighted by Gasteiger charge is -2.07. The normalized spacial score (nSPS) is 10.6. The van der Waals surface area contributed by atoms with Gasteiger partial charge in [-0.2, -0.15) is 0 Å². The van der Waals surface area contributed by atoms with E-state index in [1.165, 1.54) is 0 Å². The van der Waals surface area contributed by atoms with Crippen molar-refractivity contribution in [3.8, 4) is 0 Å². The van der Waals surface area contributed by atoms with Gasteiger partial charge in [0.2, 0.25) is 0 Å². The van der Waals surface area contributed by atoms with E-state index in [4.69, 9.17) is 0 Å². The molecule has 1 heterocycles. The van der Waals surface area contributed by atoms with Gasteiger partial charge in [0.15, 0.2) is 5.43 Å². The Bertz CT molecular complexity index is 473. The standard InChI is InChI=1S/C10H10BrF2NO3/c1-2-17-8(16)4-5-9(11)7(15)3-6(14-5)10(12)13/h3,10H,2,4H2,1H3,(H,14,15). The van der Waals surface area contributed by atoms with Crippen LogP contribution in [0, 0.1) is 0 Å². The number of alkyl halides is 2. The number of aromatic nitrogens is 1. The van der Waals surface area contributed by atoms with Gasteiger partial charge in [0, 0.05) is 11.8 Å². The Morgan fingerprint density at radius 1 is 1.59 bits per heavy atom. The number of aromatic amines is 1. The topological polar surface area (TPSA) is 59.2 Å². The summed E-state index contributed by atoms with van der Waals surface area (Å²) in [6.07, 6.45) is -3.05. The first-order chi connectivity index (χ1) is 7.95. The van der Waals surface area contributed by atoms with Crippen LogP contribution in [0.25, 0.3) is 0 Å². The van der Waals surface area contributed by atoms with Gasteiger partial charge in [-0.3, -0.25) is 9.59 Å². The summed E-state index contributed by atoms with van der Waals surface area (Å²) in [5, 5.41) is 0. The molecular formula is C10H10BrF2NO3. The number of halogens is 3. The van der Waals surface area contributed by atoms with Crippen LogP contribution in [0.15, 0.2) is 15.3 Å². The Morgan fingerprint density at radius 2 is 2.24 bits per heavy atom. The number of pyridine rings is 1. The Balaban J connectivity index is 3.06. The predicted molar refractivity (Wildman–Crippen MR) is 60.1 cm³/mol. The molecule has 0 amide bonds. The summed E-state index contributed by atoms with van der Waals surface area (Å²) in [5.74, 6) is -0.588. The summed E-state index contributed by atoms with van der Waals surface area (Å²) in [5.41, 5.74) is -1.03. The second-order valence-electron chi connectivity index (χ2n) is 3.16. The maximum Gasteiger partial charge on any atom is 0.311 e. The van der Waals surface area contributed by atoms with E-state index in [0.717, 1.165) is 6.07 Å². The van der Waals surface area contributed by atoms with E-state index < -0.39 is 23.5 Å². The molecule has 0 unspecified atom stereocenters. The van der Waals surface area contributed by atoms with Crippen LogP contribution in [0.5, 0.6) is 0 Å². The van der Waals surface area contributed by atoms with Gasteiger partial charge in [-0.25, -0.2) is 8.78 Å². The first-order valence-corrected chi connectivity index (χ1v) is 5.60. The zero-order chi connectivity index (χ0) is 13.0. The van der Waals surface area contributed by atoms with Crippen LogP contribution in [0.1, 0.15) is 24.7 Å². The smallest absolute Gasteiger partial charge is 0.311 e. The van der Waals surface area contributed by atoms with Crippen molar-refractivity contribution in [1.29, 1.82) is 0 Å². The number of esters is 1. The highest BCUT2D eigenvalue weighted by Gasteiger charge is 2.16. The molecule has 17 heavy (non-hydrogen) atoms. The van der Waals surface area contributed by atoms with Gasteiger partial charge < -0.3 is 9.72 Å². The maximum absolute atomic E-state index is 12.4. The molecule has 0 aromatic carbocycles. The van der Waals surface area contributed by atoms with Crippen LogP contribution >= 0.6 is 15.9 Å². The predicted octanol–water partition coefficient (Wildman–Crippen LogP) is 2.18. The number of carbonyl (C=O) groups is 1. The van der Waals surface area contributed by atoms with Crippen LogP contribution < -0.4 is 5.43 Å². The molecule has 1 aromatic heterocycles. The molecule has 0 spiro atoms. The quantitative estimate of drug-likeness (QED) is 0.867. The largest absolute Gasteiger partial charge is 0.466 e. The minimum atomic E-state index is -2.79. The Kier molecular flexibility index (Phi) is 4.80. The van der Waals surface area contributed by atoms with Gasteiger partial charge >= 0.3 is 5.97 Å². The molecule has 0 saturated heterocycles. The van der Waals surface area contributed by atoms with Crippen molar-refractivity contribution in [2.75, 3.05) is 6.61 Å². The van der Waals surface area contributed by atoms with Crippen LogP contribution in [-0.2, 0) is 16.0 Å². The van der Waals surface area contributed by atoms with E-state index in [1.807, 2.05) is 0 Å². The molecule has 94 valence electrons. The number of rotatable bonds is 4. The highest BCUT2D eigenvalue weighted by molar-refractivity contribution is 9.10. The molecule has 7 heteroatoms. The Morgan fingerprint density at radius 3 is 2.76 bits per heavy atom. The molecule has 0 aliphatic heterocycles. The second-order valence-corrected chi connectivity index (χ2v) is 3.96. The van der Waals surface area contributed by atoms with Gasteiger partial charge in [-0.05, 0) is 22.9 Å². The number of nitrogens with one attached hydrogen (secondary N) is 1. The molecular weight excluding hydrogens is 300 g/mol. The van der Waals surface area contributed by atoms with Crippen molar-refractivity contribution in [2.24, 2.45) is 0 Å². The summed E-state index contributed by atoms with van der Waals surface area (Å²) in [6.45, 7) is 1.82. The Labute approximate surface area is 104 Å². The molecule has 1 aromatic rings. The lowest BCUT2D eigenvalue weighted by atomic mass is 10.2. The van der Waals surface area contributed by atoms with E-state index in [2.05, 4.69) is 25.7 Å². The molecule has 0 saturated carbocycles. The van der Waals surface area contributed by atoms with E-state index >= 15 is 0 Å². The average molecular weight is 310 g/mol. The maximum atomic E-state index is 12.4. The third-order valence-corrected chi connectivity index (χ3v) is 2.79. The number of ether oxygens (including phenoxy) is 1. The zero-order valence-electron chi connectivity index (χ0n) is 8.93. The molecule has 0 aliphatic rings. The zero-order valence-corrected chi connectivity index (χ0v) is 10.5. The fraction of sp³-hybridized carbons (Fsp3) is 0.400. The molecule has 0 bridgehead atoms. The highest BCUT2D eigenvalue weighted by atomic mass is 79.9. The van der Waals surface area contributed by atoms with Gasteiger partial charge in [0.25, 0.3) is 6.43 Å². The highest BCUT2D eigenvalue weighted by Crippen LogP contribution is 2.18. The SMILES string of the molecule is CCOC(=O)Cc1[nH]c(C(F)F)cc(=O)c1Br. The molecule has 0 fully saturated rings. The summed E-state index contributed by atoms with van der Waals surface area (Å²) in [4.78, 5) is 24.9. The minimum absolute atomic E-state index is 0.0648. The van der Waals surface area contributed by atoms with Crippen molar-refractivity contribution in [3.63, 3.8) is 0 Å². The molecule has 0 atom stereocenters. The average Bonchev–Trinajstić information content (AvgIpc) is 2.24. The summed E-state index contributed by atoms with van der Waals surface area (Å²) in [6, 6.07) is 0.795. The number of hydrogen-bond donors (Lipinski definition) is 1. The van der Waals surface area contributed by atoms with E-state index in [0.29, 0.717) is 0 Å². The minimum Gasteiger partial charge on any atom is -0.466 e.